The highest BCUT2D eigenvalue weighted by molar-refractivity contribution is 6.39. The summed E-state index contributed by atoms with van der Waals surface area (Å²) in [7, 11) is 0. The fourth-order valence-corrected chi connectivity index (χ4v) is 3.03. The normalized spacial score (nSPS) is 14.4. The minimum atomic E-state index is -1.16. The van der Waals surface area contributed by atoms with E-state index < -0.39 is 17.4 Å². The molecule has 0 bridgehead atoms. The zero-order valence-electron chi connectivity index (χ0n) is 16.0. The van der Waals surface area contributed by atoms with Crippen molar-refractivity contribution in [3.63, 3.8) is 0 Å². The summed E-state index contributed by atoms with van der Waals surface area (Å²) in [6.07, 6.45) is 4.87. The molecular weight excluding hydrogens is 386 g/mol. The number of rotatable bonds is 3. The van der Waals surface area contributed by atoms with E-state index in [1.165, 1.54) is 6.20 Å². The average molecular weight is 403 g/mol. The number of carbonyl (C=O) groups excluding carboxylic acids is 2. The van der Waals surface area contributed by atoms with Crippen LogP contribution in [0.1, 0.15) is 5.56 Å². The fraction of sp³-hybridized carbons (Fsp3) is 0.200. The first-order valence-electron chi connectivity index (χ1n) is 9.00. The lowest BCUT2D eigenvalue weighted by Crippen LogP contribution is -2.62. The van der Waals surface area contributed by atoms with Crippen LogP contribution in [0.15, 0.2) is 36.8 Å². The Morgan fingerprint density at radius 3 is 2.73 bits per heavy atom. The van der Waals surface area contributed by atoms with Crippen molar-refractivity contribution in [3.05, 3.63) is 42.4 Å². The van der Waals surface area contributed by atoms with E-state index in [4.69, 9.17) is 15.7 Å². The third-order valence-electron chi connectivity index (χ3n) is 4.77. The van der Waals surface area contributed by atoms with E-state index in [0.29, 0.717) is 16.5 Å². The first-order chi connectivity index (χ1) is 14.4. The van der Waals surface area contributed by atoms with Crippen molar-refractivity contribution in [2.75, 3.05) is 24.3 Å². The number of hydrogen-bond acceptors (Lipinski definition) is 8. The van der Waals surface area contributed by atoms with Crippen LogP contribution in [0, 0.1) is 18.3 Å². The van der Waals surface area contributed by atoms with E-state index in [9.17, 15) is 9.59 Å². The maximum Gasteiger partial charge on any atom is 0.314 e. The molecular formula is C20H17N7O3. The largest absolute Gasteiger partial charge is 0.383 e. The molecule has 4 rings (SSSR count). The van der Waals surface area contributed by atoms with Crippen LogP contribution in [0.4, 0.5) is 11.6 Å². The third-order valence-corrected chi connectivity index (χ3v) is 4.77. The van der Waals surface area contributed by atoms with Crippen molar-refractivity contribution in [1.29, 1.82) is 5.26 Å². The molecule has 0 aliphatic carbocycles. The lowest BCUT2D eigenvalue weighted by Gasteiger charge is -2.35. The standard InChI is InChI=1S/C20H17N7O3/c1-11-2-3-23-6-13(11)15-4-12-5-16(24-7-14(12)17(22)25-15)26-18(28)19(29)27-20(8-21)9-30-10-20/h2-7H,9-10H2,1H3,(H2,22,25)(H,27,29)(H,24,26,28). The number of ether oxygens (including phenoxy) is 1. The quantitative estimate of drug-likeness (QED) is 0.545. The second-order valence-corrected chi connectivity index (χ2v) is 6.97. The first kappa shape index (κ1) is 19.2. The molecule has 0 radical (unpaired) electrons. The topological polar surface area (TPSA) is 156 Å². The number of nitrogens with one attached hydrogen (secondary N) is 2. The second kappa shape index (κ2) is 7.38. The number of anilines is 2. The van der Waals surface area contributed by atoms with E-state index in [1.807, 2.05) is 25.1 Å². The van der Waals surface area contributed by atoms with Gasteiger partial charge < -0.3 is 21.1 Å². The molecule has 0 spiro atoms. The van der Waals surface area contributed by atoms with Gasteiger partial charge in [0, 0.05) is 29.5 Å². The minimum Gasteiger partial charge on any atom is -0.383 e. The van der Waals surface area contributed by atoms with E-state index >= 15 is 0 Å². The zero-order chi connectivity index (χ0) is 21.3. The number of aryl methyl sites for hydroxylation is 1. The molecule has 10 nitrogen and oxygen atoms in total. The van der Waals surface area contributed by atoms with Crippen molar-refractivity contribution in [3.8, 4) is 17.3 Å². The van der Waals surface area contributed by atoms with Gasteiger partial charge in [0.15, 0.2) is 5.54 Å². The maximum absolute atomic E-state index is 12.2. The van der Waals surface area contributed by atoms with Crippen molar-refractivity contribution in [2.24, 2.45) is 0 Å². The summed E-state index contributed by atoms with van der Waals surface area (Å²) in [6, 6.07) is 7.22. The van der Waals surface area contributed by atoms with Crippen LogP contribution in [0.3, 0.4) is 0 Å². The molecule has 3 aromatic heterocycles. The minimum absolute atomic E-state index is 0.0412. The molecule has 150 valence electrons. The number of amides is 2. The fourth-order valence-electron chi connectivity index (χ4n) is 3.03. The molecule has 1 saturated heterocycles. The highest BCUT2D eigenvalue weighted by atomic mass is 16.5. The van der Waals surface area contributed by atoms with Gasteiger partial charge in [0.05, 0.1) is 25.0 Å². The van der Waals surface area contributed by atoms with Crippen molar-refractivity contribution in [2.45, 2.75) is 12.5 Å². The van der Waals surface area contributed by atoms with Gasteiger partial charge in [-0.2, -0.15) is 5.26 Å². The van der Waals surface area contributed by atoms with Crippen LogP contribution in [-0.2, 0) is 14.3 Å². The van der Waals surface area contributed by atoms with Crippen LogP contribution in [-0.4, -0.2) is 45.5 Å². The van der Waals surface area contributed by atoms with E-state index in [-0.39, 0.29) is 24.8 Å². The van der Waals surface area contributed by atoms with Gasteiger partial charge >= 0.3 is 11.8 Å². The van der Waals surface area contributed by atoms with Gasteiger partial charge in [0.1, 0.15) is 11.6 Å². The summed E-state index contributed by atoms with van der Waals surface area (Å²) in [5.41, 5.74) is 7.37. The van der Waals surface area contributed by atoms with Crippen LogP contribution in [0.5, 0.6) is 0 Å². The Kier molecular flexibility index (Phi) is 4.73. The van der Waals surface area contributed by atoms with Gasteiger partial charge in [0.2, 0.25) is 0 Å². The summed E-state index contributed by atoms with van der Waals surface area (Å²) < 4.78 is 4.94. The number of aromatic nitrogens is 3. The van der Waals surface area contributed by atoms with Gasteiger partial charge in [-0.25, -0.2) is 9.97 Å². The Balaban J connectivity index is 1.60. The lowest BCUT2D eigenvalue weighted by atomic mass is 10.00. The molecule has 0 saturated carbocycles. The number of pyridine rings is 3. The van der Waals surface area contributed by atoms with E-state index in [0.717, 1.165) is 11.1 Å². The number of nitrogen functional groups attached to an aromatic ring is 1. The van der Waals surface area contributed by atoms with Gasteiger partial charge in [-0.1, -0.05) is 0 Å². The van der Waals surface area contributed by atoms with E-state index in [2.05, 4.69) is 25.6 Å². The predicted molar refractivity (Wildman–Crippen MR) is 108 cm³/mol. The maximum atomic E-state index is 12.2. The van der Waals surface area contributed by atoms with E-state index in [1.54, 1.807) is 18.5 Å². The molecule has 0 atom stereocenters. The second-order valence-electron chi connectivity index (χ2n) is 6.97. The monoisotopic (exact) mass is 403 g/mol. The Labute approximate surface area is 171 Å². The third kappa shape index (κ3) is 3.49. The first-order valence-corrected chi connectivity index (χ1v) is 9.00. The zero-order valence-corrected chi connectivity index (χ0v) is 16.0. The Hall–Kier alpha value is -4.10. The molecule has 0 unspecified atom stereocenters. The molecule has 30 heavy (non-hydrogen) atoms. The highest BCUT2D eigenvalue weighted by Gasteiger charge is 2.41. The Morgan fingerprint density at radius 2 is 2.07 bits per heavy atom. The van der Waals surface area contributed by atoms with Crippen LogP contribution in [0.25, 0.3) is 22.0 Å². The molecule has 4 N–H and O–H groups in total. The summed E-state index contributed by atoms with van der Waals surface area (Å²) >= 11 is 0. The number of nitrogens with zero attached hydrogens (tertiary/aromatic N) is 4. The molecule has 3 aromatic rings. The number of fused-ring (bicyclic) bond motifs is 1. The number of carbonyl (C=O) groups is 2. The van der Waals surface area contributed by atoms with Crippen LogP contribution >= 0.6 is 0 Å². The number of nitriles is 1. The molecule has 1 fully saturated rings. The predicted octanol–water partition coefficient (Wildman–Crippen LogP) is 0.930. The summed E-state index contributed by atoms with van der Waals surface area (Å²) in [4.78, 5) is 37.0. The number of hydrogen-bond donors (Lipinski definition) is 3. The van der Waals surface area contributed by atoms with Gasteiger partial charge in [-0.3, -0.25) is 14.6 Å². The lowest BCUT2D eigenvalue weighted by molar-refractivity contribution is -0.140. The average Bonchev–Trinajstić information content (AvgIpc) is 2.70. The molecule has 1 aliphatic heterocycles. The van der Waals surface area contributed by atoms with Crippen molar-refractivity contribution in [1.82, 2.24) is 20.3 Å². The SMILES string of the molecule is Cc1ccncc1-c1cc2cc(NC(=O)C(=O)NC3(C#N)COC3)ncc2c(N)n1. The van der Waals surface area contributed by atoms with Gasteiger partial charge in [0.25, 0.3) is 0 Å². The summed E-state index contributed by atoms with van der Waals surface area (Å²) in [5.74, 6) is -1.43. The highest BCUT2D eigenvalue weighted by Crippen LogP contribution is 2.28. The summed E-state index contributed by atoms with van der Waals surface area (Å²) in [6.45, 7) is 2.02. The summed E-state index contributed by atoms with van der Waals surface area (Å²) in [5, 5.41) is 15.2. The Bertz CT molecular complexity index is 1210. The van der Waals surface area contributed by atoms with Crippen molar-refractivity contribution >= 4 is 34.2 Å². The Morgan fingerprint density at radius 1 is 1.27 bits per heavy atom. The van der Waals surface area contributed by atoms with Crippen LogP contribution in [0.2, 0.25) is 0 Å². The molecule has 0 aromatic carbocycles. The van der Waals surface area contributed by atoms with Crippen molar-refractivity contribution < 1.29 is 14.3 Å². The van der Waals surface area contributed by atoms with Crippen LogP contribution < -0.4 is 16.4 Å². The molecule has 10 heteroatoms. The van der Waals surface area contributed by atoms with Gasteiger partial charge in [-0.15, -0.1) is 0 Å². The van der Waals surface area contributed by atoms with Gasteiger partial charge in [-0.05, 0) is 36.1 Å². The number of nitrogens with two attached hydrogens (primary N) is 1. The molecule has 1 aliphatic rings. The smallest absolute Gasteiger partial charge is 0.314 e. The molecule has 4 heterocycles. The molecule has 2 amide bonds.